The van der Waals surface area contributed by atoms with E-state index in [9.17, 15) is 0 Å². The number of likely N-dealkylation sites (tertiary alicyclic amines) is 1. The molecule has 100 valence electrons. The number of thioether (sulfide) groups is 1. The highest BCUT2D eigenvalue weighted by molar-refractivity contribution is 7.99. The SMILES string of the molecule is CCCNC1CCN(C2CCCC2SCC)C1. The van der Waals surface area contributed by atoms with Crippen molar-refractivity contribution in [3.8, 4) is 0 Å². The second kappa shape index (κ2) is 7.01. The molecule has 2 fully saturated rings. The smallest absolute Gasteiger partial charge is 0.0215 e. The molecule has 1 heterocycles. The third kappa shape index (κ3) is 3.62. The van der Waals surface area contributed by atoms with Crippen LogP contribution in [0.15, 0.2) is 0 Å². The van der Waals surface area contributed by atoms with E-state index in [1.807, 2.05) is 0 Å². The molecule has 3 unspecified atom stereocenters. The highest BCUT2D eigenvalue weighted by Crippen LogP contribution is 2.34. The van der Waals surface area contributed by atoms with Gasteiger partial charge in [-0.25, -0.2) is 0 Å². The Morgan fingerprint density at radius 3 is 2.88 bits per heavy atom. The van der Waals surface area contributed by atoms with E-state index in [2.05, 4.69) is 35.8 Å². The Morgan fingerprint density at radius 2 is 2.12 bits per heavy atom. The van der Waals surface area contributed by atoms with Crippen LogP contribution in [-0.2, 0) is 0 Å². The van der Waals surface area contributed by atoms with Gasteiger partial charge in [-0.3, -0.25) is 4.90 Å². The molecular formula is C14H28N2S. The van der Waals surface area contributed by atoms with Crippen molar-refractivity contribution < 1.29 is 0 Å². The topological polar surface area (TPSA) is 15.3 Å². The summed E-state index contributed by atoms with van der Waals surface area (Å²) in [6.07, 6.45) is 6.96. The molecule has 0 bridgehead atoms. The van der Waals surface area contributed by atoms with Gasteiger partial charge in [0.05, 0.1) is 0 Å². The Morgan fingerprint density at radius 1 is 1.24 bits per heavy atom. The number of hydrogen-bond acceptors (Lipinski definition) is 3. The predicted molar refractivity (Wildman–Crippen MR) is 77.8 cm³/mol. The van der Waals surface area contributed by atoms with Gasteiger partial charge in [0.2, 0.25) is 0 Å². The molecule has 0 spiro atoms. The number of rotatable bonds is 6. The van der Waals surface area contributed by atoms with Crippen LogP contribution < -0.4 is 5.32 Å². The summed E-state index contributed by atoms with van der Waals surface area (Å²) in [4.78, 5) is 2.77. The molecule has 0 aromatic heterocycles. The zero-order valence-electron chi connectivity index (χ0n) is 11.5. The molecule has 3 heteroatoms. The molecule has 0 amide bonds. The van der Waals surface area contributed by atoms with Crippen LogP contribution in [0, 0.1) is 0 Å². The summed E-state index contributed by atoms with van der Waals surface area (Å²) in [5.41, 5.74) is 0. The first-order valence-corrected chi connectivity index (χ1v) is 8.49. The van der Waals surface area contributed by atoms with Crippen LogP contribution in [0.5, 0.6) is 0 Å². The van der Waals surface area contributed by atoms with E-state index < -0.39 is 0 Å². The van der Waals surface area contributed by atoms with Gasteiger partial charge in [-0.15, -0.1) is 0 Å². The van der Waals surface area contributed by atoms with Gasteiger partial charge in [-0.1, -0.05) is 20.3 Å². The Hall–Kier alpha value is 0.270. The van der Waals surface area contributed by atoms with Gasteiger partial charge in [-0.2, -0.15) is 11.8 Å². The van der Waals surface area contributed by atoms with E-state index in [-0.39, 0.29) is 0 Å². The Kier molecular flexibility index (Phi) is 5.64. The summed E-state index contributed by atoms with van der Waals surface area (Å²) in [5.74, 6) is 1.28. The van der Waals surface area contributed by atoms with Crippen LogP contribution in [-0.4, -0.2) is 47.6 Å². The second-order valence-corrected chi connectivity index (χ2v) is 6.94. The lowest BCUT2D eigenvalue weighted by Crippen LogP contribution is -2.40. The fourth-order valence-corrected chi connectivity index (χ4v) is 4.63. The van der Waals surface area contributed by atoms with E-state index in [0.29, 0.717) is 0 Å². The molecule has 0 aromatic rings. The van der Waals surface area contributed by atoms with Gasteiger partial charge in [-0.05, 0) is 38.0 Å². The number of nitrogens with zero attached hydrogens (tertiary/aromatic N) is 1. The number of nitrogens with one attached hydrogen (secondary N) is 1. The molecule has 0 radical (unpaired) electrons. The number of hydrogen-bond donors (Lipinski definition) is 1. The largest absolute Gasteiger partial charge is 0.313 e. The van der Waals surface area contributed by atoms with Crippen molar-refractivity contribution in [2.75, 3.05) is 25.4 Å². The zero-order chi connectivity index (χ0) is 12.1. The normalized spacial score (nSPS) is 34.6. The van der Waals surface area contributed by atoms with Gasteiger partial charge < -0.3 is 5.32 Å². The molecule has 1 aliphatic heterocycles. The van der Waals surface area contributed by atoms with Gasteiger partial charge in [0.25, 0.3) is 0 Å². The molecule has 1 N–H and O–H groups in total. The molecule has 2 nitrogen and oxygen atoms in total. The quantitative estimate of drug-likeness (QED) is 0.787. The Labute approximate surface area is 111 Å². The minimum absolute atomic E-state index is 0.767. The lowest BCUT2D eigenvalue weighted by atomic mass is 10.2. The Bertz CT molecular complexity index is 222. The van der Waals surface area contributed by atoms with Crippen LogP contribution in [0.3, 0.4) is 0 Å². The molecular weight excluding hydrogens is 228 g/mol. The van der Waals surface area contributed by atoms with Crippen LogP contribution >= 0.6 is 11.8 Å². The monoisotopic (exact) mass is 256 g/mol. The molecule has 3 atom stereocenters. The van der Waals surface area contributed by atoms with Gasteiger partial charge in [0, 0.05) is 30.4 Å². The molecule has 0 aromatic carbocycles. The van der Waals surface area contributed by atoms with Gasteiger partial charge in [0.15, 0.2) is 0 Å². The summed E-state index contributed by atoms with van der Waals surface area (Å²) in [7, 11) is 0. The van der Waals surface area contributed by atoms with E-state index in [0.717, 1.165) is 17.3 Å². The third-order valence-corrected chi connectivity index (χ3v) is 5.48. The van der Waals surface area contributed by atoms with Crippen molar-refractivity contribution in [3.63, 3.8) is 0 Å². The predicted octanol–water partition coefficient (Wildman–Crippen LogP) is 2.73. The first-order valence-electron chi connectivity index (χ1n) is 7.44. The summed E-state index contributed by atoms with van der Waals surface area (Å²) in [6.45, 7) is 8.37. The lowest BCUT2D eigenvalue weighted by molar-refractivity contribution is 0.244. The third-order valence-electron chi connectivity index (χ3n) is 4.17. The first-order chi connectivity index (χ1) is 8.35. The maximum absolute atomic E-state index is 3.68. The van der Waals surface area contributed by atoms with E-state index >= 15 is 0 Å². The summed E-state index contributed by atoms with van der Waals surface area (Å²) >= 11 is 2.19. The average molecular weight is 256 g/mol. The highest BCUT2D eigenvalue weighted by Gasteiger charge is 2.35. The van der Waals surface area contributed by atoms with Crippen molar-refractivity contribution >= 4 is 11.8 Å². The fourth-order valence-electron chi connectivity index (χ4n) is 3.34. The first kappa shape index (κ1) is 13.7. The molecule has 17 heavy (non-hydrogen) atoms. The van der Waals surface area contributed by atoms with Crippen molar-refractivity contribution in [2.45, 2.75) is 63.3 Å². The van der Waals surface area contributed by atoms with Crippen LogP contribution in [0.4, 0.5) is 0 Å². The maximum Gasteiger partial charge on any atom is 0.0215 e. The second-order valence-electron chi connectivity index (χ2n) is 5.43. The van der Waals surface area contributed by atoms with Crippen molar-refractivity contribution in [2.24, 2.45) is 0 Å². The average Bonchev–Trinajstić information content (AvgIpc) is 2.95. The standard InChI is InChI=1S/C14H28N2S/c1-3-9-15-12-8-10-16(11-12)13-6-5-7-14(13)17-4-2/h12-15H,3-11H2,1-2H3. The van der Waals surface area contributed by atoms with Crippen molar-refractivity contribution in [1.82, 2.24) is 10.2 Å². The molecule has 1 aliphatic carbocycles. The van der Waals surface area contributed by atoms with Gasteiger partial charge in [0.1, 0.15) is 0 Å². The van der Waals surface area contributed by atoms with Crippen molar-refractivity contribution in [3.05, 3.63) is 0 Å². The van der Waals surface area contributed by atoms with Crippen LogP contribution in [0.1, 0.15) is 46.0 Å². The minimum Gasteiger partial charge on any atom is -0.313 e. The highest BCUT2D eigenvalue weighted by atomic mass is 32.2. The summed E-state index contributed by atoms with van der Waals surface area (Å²) in [5, 5.41) is 4.60. The zero-order valence-corrected chi connectivity index (χ0v) is 12.3. The Balaban J connectivity index is 1.78. The summed E-state index contributed by atoms with van der Waals surface area (Å²) < 4.78 is 0. The molecule has 2 rings (SSSR count). The molecule has 1 saturated heterocycles. The molecule has 2 aliphatic rings. The minimum atomic E-state index is 0.767. The van der Waals surface area contributed by atoms with Crippen molar-refractivity contribution in [1.29, 1.82) is 0 Å². The van der Waals surface area contributed by atoms with Crippen LogP contribution in [0.25, 0.3) is 0 Å². The van der Waals surface area contributed by atoms with Gasteiger partial charge >= 0.3 is 0 Å². The van der Waals surface area contributed by atoms with E-state index in [1.165, 1.54) is 57.5 Å². The molecule has 1 saturated carbocycles. The summed E-state index contributed by atoms with van der Waals surface area (Å²) in [6, 6.07) is 1.65. The fraction of sp³-hybridized carbons (Fsp3) is 1.00. The van der Waals surface area contributed by atoms with E-state index in [1.54, 1.807) is 0 Å². The lowest BCUT2D eigenvalue weighted by Gasteiger charge is -2.29. The van der Waals surface area contributed by atoms with E-state index in [4.69, 9.17) is 0 Å². The maximum atomic E-state index is 3.68. The van der Waals surface area contributed by atoms with Crippen LogP contribution in [0.2, 0.25) is 0 Å².